The molecule has 3 rings (SSSR count). The average molecular weight is 269 g/mol. The molecule has 1 aromatic heterocycles. The van der Waals surface area contributed by atoms with Crippen molar-refractivity contribution in [3.63, 3.8) is 0 Å². The van der Waals surface area contributed by atoms with Crippen LogP contribution in [0.5, 0.6) is 0 Å². The molecule has 1 aliphatic carbocycles. The molecule has 0 radical (unpaired) electrons. The van der Waals surface area contributed by atoms with Gasteiger partial charge in [0, 0.05) is 18.8 Å². The van der Waals surface area contributed by atoms with Gasteiger partial charge in [0.2, 0.25) is 0 Å². The van der Waals surface area contributed by atoms with Crippen LogP contribution in [0.4, 0.5) is 5.69 Å². The van der Waals surface area contributed by atoms with Crippen LogP contribution in [0.25, 0.3) is 0 Å². The van der Waals surface area contributed by atoms with Crippen molar-refractivity contribution in [2.24, 2.45) is 7.05 Å². The number of amides is 1. The molecule has 0 fully saturated rings. The second-order valence-corrected chi connectivity index (χ2v) is 4.97. The Labute approximate surface area is 116 Å². The van der Waals surface area contributed by atoms with E-state index in [1.807, 2.05) is 12.1 Å². The van der Waals surface area contributed by atoms with Crippen LogP contribution in [0, 0.1) is 0 Å². The van der Waals surface area contributed by atoms with Crippen molar-refractivity contribution in [1.29, 1.82) is 0 Å². The van der Waals surface area contributed by atoms with Gasteiger partial charge < -0.3 is 5.32 Å². The molecule has 102 valence electrons. The van der Waals surface area contributed by atoms with Crippen LogP contribution in [-0.2, 0) is 19.9 Å². The van der Waals surface area contributed by atoms with Gasteiger partial charge in [-0.2, -0.15) is 5.10 Å². The fourth-order valence-corrected chi connectivity index (χ4v) is 2.47. The number of hydrogen-bond donors (Lipinski definition) is 1. The summed E-state index contributed by atoms with van der Waals surface area (Å²) < 4.78 is 1.15. The highest BCUT2D eigenvalue weighted by Gasteiger charge is 2.13. The van der Waals surface area contributed by atoms with E-state index in [1.54, 1.807) is 0 Å². The second kappa shape index (κ2) is 4.92. The number of aryl methyl sites for hydroxylation is 3. The highest BCUT2D eigenvalue weighted by molar-refractivity contribution is 6.02. The van der Waals surface area contributed by atoms with Crippen molar-refractivity contribution in [3.8, 4) is 0 Å². The van der Waals surface area contributed by atoms with Gasteiger partial charge in [0.25, 0.3) is 11.5 Å². The topological polar surface area (TPSA) is 64.0 Å². The average Bonchev–Trinajstić information content (AvgIpc) is 2.89. The largest absolute Gasteiger partial charge is 0.321 e. The second-order valence-electron chi connectivity index (χ2n) is 4.97. The number of benzene rings is 1. The number of hydrogen-bond acceptors (Lipinski definition) is 3. The van der Waals surface area contributed by atoms with Crippen LogP contribution in [-0.4, -0.2) is 15.7 Å². The maximum absolute atomic E-state index is 12.1. The lowest BCUT2D eigenvalue weighted by Crippen LogP contribution is -2.23. The summed E-state index contributed by atoms with van der Waals surface area (Å²) in [4.78, 5) is 23.3. The number of rotatable bonds is 2. The van der Waals surface area contributed by atoms with Crippen LogP contribution >= 0.6 is 0 Å². The predicted molar refractivity (Wildman–Crippen MR) is 75.9 cm³/mol. The van der Waals surface area contributed by atoms with Gasteiger partial charge in [-0.15, -0.1) is 0 Å². The van der Waals surface area contributed by atoms with Crippen molar-refractivity contribution >= 4 is 11.6 Å². The maximum atomic E-state index is 12.1. The molecule has 0 unspecified atom stereocenters. The zero-order chi connectivity index (χ0) is 14.1. The van der Waals surface area contributed by atoms with Gasteiger partial charge in [0.1, 0.15) is 5.69 Å². The van der Waals surface area contributed by atoms with Gasteiger partial charge in [-0.25, -0.2) is 4.68 Å². The zero-order valence-electron chi connectivity index (χ0n) is 11.2. The minimum atomic E-state index is -0.307. The molecule has 0 saturated carbocycles. The molecule has 1 heterocycles. The number of carbonyl (C=O) groups excluding carboxylic acids is 1. The highest BCUT2D eigenvalue weighted by Crippen LogP contribution is 2.24. The number of carbonyl (C=O) groups is 1. The first-order chi connectivity index (χ1) is 9.63. The fourth-order valence-electron chi connectivity index (χ4n) is 2.47. The first-order valence-corrected chi connectivity index (χ1v) is 6.61. The minimum Gasteiger partial charge on any atom is -0.321 e. The molecule has 1 N–H and O–H groups in total. The van der Waals surface area contributed by atoms with E-state index in [0.29, 0.717) is 0 Å². The van der Waals surface area contributed by atoms with Crippen LogP contribution in [0.1, 0.15) is 28.0 Å². The van der Waals surface area contributed by atoms with E-state index < -0.39 is 0 Å². The molecule has 20 heavy (non-hydrogen) atoms. The van der Waals surface area contributed by atoms with Crippen molar-refractivity contribution in [2.45, 2.75) is 19.3 Å². The Hall–Kier alpha value is -2.43. The lowest BCUT2D eigenvalue weighted by molar-refractivity contribution is 0.102. The molecule has 0 atom stereocenters. The van der Waals surface area contributed by atoms with Crippen molar-refractivity contribution in [2.75, 3.05) is 5.32 Å². The van der Waals surface area contributed by atoms with Crippen molar-refractivity contribution in [1.82, 2.24) is 9.78 Å². The number of anilines is 1. The molecule has 0 bridgehead atoms. The van der Waals surface area contributed by atoms with Crippen LogP contribution in [0.2, 0.25) is 0 Å². The molecule has 0 aliphatic heterocycles. The summed E-state index contributed by atoms with van der Waals surface area (Å²) in [5.41, 5.74) is 3.43. The van der Waals surface area contributed by atoms with Gasteiger partial charge in [-0.3, -0.25) is 9.59 Å². The third-order valence-corrected chi connectivity index (χ3v) is 3.55. The predicted octanol–water partition coefficient (Wildman–Crippen LogP) is 1.52. The van der Waals surface area contributed by atoms with E-state index in [9.17, 15) is 9.59 Å². The molecule has 5 heteroatoms. The summed E-state index contributed by atoms with van der Waals surface area (Å²) in [6.07, 6.45) is 3.36. The van der Waals surface area contributed by atoms with Gasteiger partial charge in [-0.1, -0.05) is 6.07 Å². The third-order valence-electron chi connectivity index (χ3n) is 3.55. The van der Waals surface area contributed by atoms with Gasteiger partial charge in [0.15, 0.2) is 0 Å². The molecule has 0 spiro atoms. The Balaban J connectivity index is 1.82. The molecular weight excluding hydrogens is 254 g/mol. The molecule has 5 nitrogen and oxygen atoms in total. The maximum Gasteiger partial charge on any atom is 0.276 e. The first-order valence-electron chi connectivity index (χ1n) is 6.61. The number of aromatic nitrogens is 2. The normalized spacial score (nSPS) is 13.1. The summed E-state index contributed by atoms with van der Waals surface area (Å²) in [6, 6.07) is 8.76. The molecule has 1 amide bonds. The van der Waals surface area contributed by atoms with Crippen LogP contribution < -0.4 is 10.9 Å². The van der Waals surface area contributed by atoms with E-state index in [1.165, 1.54) is 36.7 Å². The number of nitrogens with zero attached hydrogens (tertiary/aromatic N) is 2. The highest BCUT2D eigenvalue weighted by atomic mass is 16.2. The standard InChI is InChI=1S/C15H15N3O2/c1-18-14(19)8-7-13(17-18)15(20)16-12-6-5-10-3-2-4-11(10)9-12/h5-9H,2-4H2,1H3,(H,16,20). The number of fused-ring (bicyclic) bond motifs is 1. The van der Waals surface area contributed by atoms with E-state index in [-0.39, 0.29) is 17.2 Å². The van der Waals surface area contributed by atoms with E-state index in [4.69, 9.17) is 0 Å². The van der Waals surface area contributed by atoms with Crippen LogP contribution in [0.15, 0.2) is 35.1 Å². The van der Waals surface area contributed by atoms with Gasteiger partial charge in [-0.05, 0) is 48.6 Å². The monoisotopic (exact) mass is 269 g/mol. The van der Waals surface area contributed by atoms with Crippen LogP contribution in [0.3, 0.4) is 0 Å². The quantitative estimate of drug-likeness (QED) is 0.899. The van der Waals surface area contributed by atoms with Crippen molar-refractivity contribution in [3.05, 3.63) is 57.5 Å². The summed E-state index contributed by atoms with van der Waals surface area (Å²) in [5, 5.41) is 6.75. The minimum absolute atomic E-state index is 0.229. The molecular formula is C15H15N3O2. The molecule has 2 aromatic rings. The fraction of sp³-hybridized carbons (Fsp3) is 0.267. The SMILES string of the molecule is Cn1nc(C(=O)Nc2ccc3c(c2)CCC3)ccc1=O. The Morgan fingerprint density at radius 1 is 1.20 bits per heavy atom. The lowest BCUT2D eigenvalue weighted by atomic mass is 10.1. The smallest absolute Gasteiger partial charge is 0.276 e. The summed E-state index contributed by atoms with van der Waals surface area (Å²) in [5.74, 6) is -0.307. The Bertz CT molecular complexity index is 734. The van der Waals surface area contributed by atoms with Gasteiger partial charge in [0.05, 0.1) is 0 Å². The molecule has 0 saturated heterocycles. The number of nitrogens with one attached hydrogen (secondary N) is 1. The van der Waals surface area contributed by atoms with E-state index in [0.717, 1.165) is 23.2 Å². The first kappa shape index (κ1) is 12.6. The molecule has 1 aromatic carbocycles. The van der Waals surface area contributed by atoms with Gasteiger partial charge >= 0.3 is 0 Å². The lowest BCUT2D eigenvalue weighted by Gasteiger charge is -2.07. The zero-order valence-corrected chi connectivity index (χ0v) is 11.2. The Kier molecular flexibility index (Phi) is 3.10. The Morgan fingerprint density at radius 2 is 2.00 bits per heavy atom. The van der Waals surface area contributed by atoms with Crippen molar-refractivity contribution < 1.29 is 4.79 Å². The van der Waals surface area contributed by atoms with E-state index >= 15 is 0 Å². The third kappa shape index (κ3) is 2.34. The summed E-state index contributed by atoms with van der Waals surface area (Å²) in [7, 11) is 1.52. The summed E-state index contributed by atoms with van der Waals surface area (Å²) in [6.45, 7) is 0. The summed E-state index contributed by atoms with van der Waals surface area (Å²) >= 11 is 0. The Morgan fingerprint density at radius 3 is 2.80 bits per heavy atom. The molecule has 1 aliphatic rings. The van der Waals surface area contributed by atoms with E-state index in [2.05, 4.69) is 16.5 Å².